The van der Waals surface area contributed by atoms with E-state index in [2.05, 4.69) is 20.9 Å². The summed E-state index contributed by atoms with van der Waals surface area (Å²) < 4.78 is 6.35. The van der Waals surface area contributed by atoms with Crippen LogP contribution in [0, 0.1) is 5.92 Å². The van der Waals surface area contributed by atoms with Crippen molar-refractivity contribution in [3.63, 3.8) is 0 Å². The van der Waals surface area contributed by atoms with Gasteiger partial charge in [-0.3, -0.25) is 9.78 Å². The fourth-order valence-electron chi connectivity index (χ4n) is 2.24. The highest BCUT2D eigenvalue weighted by molar-refractivity contribution is 9.10. The summed E-state index contributed by atoms with van der Waals surface area (Å²) in [6, 6.07) is 1.78. The maximum Gasteiger partial charge on any atom is 0.306 e. The number of aliphatic carboxylic acids is 1. The van der Waals surface area contributed by atoms with Crippen LogP contribution in [0.1, 0.15) is 25.7 Å². The van der Waals surface area contributed by atoms with Crippen molar-refractivity contribution in [1.82, 2.24) is 4.98 Å². The number of aliphatic hydroxyl groups is 1. The molecule has 1 saturated carbocycles. The third kappa shape index (κ3) is 3.91. The van der Waals surface area contributed by atoms with Gasteiger partial charge in [-0.25, -0.2) is 0 Å². The van der Waals surface area contributed by atoms with Crippen LogP contribution in [-0.2, 0) is 4.79 Å². The topological polar surface area (TPSA) is 79.7 Å². The smallest absolute Gasteiger partial charge is 0.306 e. The number of pyridine rings is 1. The van der Waals surface area contributed by atoms with Crippen molar-refractivity contribution in [2.75, 3.05) is 6.61 Å². The van der Waals surface area contributed by atoms with Crippen molar-refractivity contribution < 1.29 is 19.7 Å². The highest BCUT2D eigenvalue weighted by Gasteiger charge is 2.36. The van der Waals surface area contributed by atoms with Crippen molar-refractivity contribution in [3.05, 3.63) is 22.9 Å². The minimum absolute atomic E-state index is 0.164. The van der Waals surface area contributed by atoms with Gasteiger partial charge in [-0.1, -0.05) is 0 Å². The highest BCUT2D eigenvalue weighted by atomic mass is 79.9. The van der Waals surface area contributed by atoms with Crippen molar-refractivity contribution in [1.29, 1.82) is 0 Å². The molecule has 0 radical (unpaired) electrons. The summed E-state index contributed by atoms with van der Waals surface area (Å²) in [5.41, 5.74) is -0.936. The molecule has 1 fully saturated rings. The number of hydrogen-bond donors (Lipinski definition) is 2. The zero-order chi connectivity index (χ0) is 13.9. The molecule has 0 aliphatic heterocycles. The van der Waals surface area contributed by atoms with Gasteiger partial charge in [-0.15, -0.1) is 0 Å². The molecule has 0 atom stereocenters. The second-order valence-electron chi connectivity index (χ2n) is 4.96. The van der Waals surface area contributed by atoms with Crippen LogP contribution in [0.3, 0.4) is 0 Å². The molecule has 19 heavy (non-hydrogen) atoms. The number of halogens is 1. The molecule has 2 N–H and O–H groups in total. The van der Waals surface area contributed by atoms with Crippen molar-refractivity contribution in [3.8, 4) is 5.75 Å². The average molecular weight is 330 g/mol. The van der Waals surface area contributed by atoms with Gasteiger partial charge in [0.1, 0.15) is 12.4 Å². The van der Waals surface area contributed by atoms with Gasteiger partial charge < -0.3 is 14.9 Å². The van der Waals surface area contributed by atoms with Crippen LogP contribution in [0.25, 0.3) is 0 Å². The lowest BCUT2D eigenvalue weighted by Crippen LogP contribution is -2.41. The quantitative estimate of drug-likeness (QED) is 0.885. The van der Waals surface area contributed by atoms with Crippen LogP contribution in [0.2, 0.25) is 0 Å². The lowest BCUT2D eigenvalue weighted by Gasteiger charge is -2.34. The SMILES string of the molecule is O=C(O)C1CCC(O)(COc2cncc(Br)c2)CC1. The van der Waals surface area contributed by atoms with Crippen molar-refractivity contribution in [2.45, 2.75) is 31.3 Å². The number of aromatic nitrogens is 1. The molecule has 5 nitrogen and oxygen atoms in total. The first-order valence-corrected chi connectivity index (χ1v) is 6.96. The molecule has 0 aromatic carbocycles. The molecule has 0 unspecified atom stereocenters. The molecule has 0 spiro atoms. The first-order valence-electron chi connectivity index (χ1n) is 6.17. The van der Waals surface area contributed by atoms with Crippen LogP contribution >= 0.6 is 15.9 Å². The monoisotopic (exact) mass is 329 g/mol. The van der Waals surface area contributed by atoms with E-state index in [1.807, 2.05) is 0 Å². The normalized spacial score (nSPS) is 26.9. The summed E-state index contributed by atoms with van der Waals surface area (Å²) in [7, 11) is 0. The molecule has 1 heterocycles. The fraction of sp³-hybridized carbons (Fsp3) is 0.538. The Morgan fingerprint density at radius 3 is 2.74 bits per heavy atom. The van der Waals surface area contributed by atoms with E-state index >= 15 is 0 Å². The number of carboxylic acids is 1. The maximum atomic E-state index is 10.9. The Kier molecular flexibility index (Phi) is 4.42. The van der Waals surface area contributed by atoms with Crippen molar-refractivity contribution >= 4 is 21.9 Å². The summed E-state index contributed by atoms with van der Waals surface area (Å²) in [5.74, 6) is -0.532. The first-order chi connectivity index (χ1) is 8.98. The second kappa shape index (κ2) is 5.88. The molecule has 0 saturated heterocycles. The number of carboxylic acid groups (broad SMARTS) is 1. The Bertz CT molecular complexity index is 458. The van der Waals surface area contributed by atoms with Gasteiger partial charge in [0.2, 0.25) is 0 Å². The molecule has 1 aromatic rings. The lowest BCUT2D eigenvalue weighted by atomic mass is 9.79. The van der Waals surface area contributed by atoms with E-state index in [0.29, 0.717) is 31.4 Å². The van der Waals surface area contributed by atoms with E-state index in [9.17, 15) is 9.90 Å². The summed E-state index contributed by atoms with van der Waals surface area (Å²) >= 11 is 3.30. The summed E-state index contributed by atoms with van der Waals surface area (Å²) in [4.78, 5) is 14.8. The predicted molar refractivity (Wildman–Crippen MR) is 72.0 cm³/mol. The molecule has 0 amide bonds. The maximum absolute atomic E-state index is 10.9. The number of hydrogen-bond acceptors (Lipinski definition) is 4. The lowest BCUT2D eigenvalue weighted by molar-refractivity contribution is -0.145. The number of nitrogens with zero attached hydrogens (tertiary/aromatic N) is 1. The van der Waals surface area contributed by atoms with E-state index < -0.39 is 11.6 Å². The molecule has 2 rings (SSSR count). The average Bonchev–Trinajstić information content (AvgIpc) is 2.37. The minimum Gasteiger partial charge on any atom is -0.489 e. The summed E-state index contributed by atoms with van der Waals surface area (Å²) in [6.45, 7) is 0.164. The number of carbonyl (C=O) groups is 1. The molecule has 0 bridgehead atoms. The van der Waals surface area contributed by atoms with Crippen LogP contribution in [0.5, 0.6) is 5.75 Å². The van der Waals surface area contributed by atoms with Crippen LogP contribution in [0.15, 0.2) is 22.9 Å². The van der Waals surface area contributed by atoms with Crippen LogP contribution < -0.4 is 4.74 Å². The van der Waals surface area contributed by atoms with Gasteiger partial charge in [0.05, 0.1) is 17.7 Å². The Morgan fingerprint density at radius 1 is 1.47 bits per heavy atom. The number of rotatable bonds is 4. The molecule has 1 aromatic heterocycles. The predicted octanol–water partition coefficient (Wildman–Crippen LogP) is 2.23. The standard InChI is InChI=1S/C13H16BrNO4/c14-10-5-11(7-15-6-10)19-8-13(18)3-1-9(2-4-13)12(16)17/h5-7,9,18H,1-4,8H2,(H,16,17). The zero-order valence-electron chi connectivity index (χ0n) is 10.4. The van der Waals surface area contributed by atoms with Gasteiger partial charge in [0.25, 0.3) is 0 Å². The van der Waals surface area contributed by atoms with E-state index in [4.69, 9.17) is 9.84 Å². The Labute approximate surface area is 119 Å². The third-order valence-electron chi connectivity index (χ3n) is 3.45. The minimum atomic E-state index is -0.936. The zero-order valence-corrected chi connectivity index (χ0v) is 12.0. The first kappa shape index (κ1) is 14.3. The fourth-order valence-corrected chi connectivity index (χ4v) is 2.58. The van der Waals surface area contributed by atoms with Crippen molar-refractivity contribution in [2.24, 2.45) is 5.92 Å². The van der Waals surface area contributed by atoms with Gasteiger partial charge >= 0.3 is 5.97 Å². The largest absolute Gasteiger partial charge is 0.489 e. The number of ether oxygens (including phenoxy) is 1. The second-order valence-corrected chi connectivity index (χ2v) is 5.88. The molecule has 104 valence electrons. The Hall–Kier alpha value is -1.14. The molecule has 1 aliphatic rings. The Morgan fingerprint density at radius 2 is 2.16 bits per heavy atom. The van der Waals surface area contributed by atoms with Gasteiger partial charge in [-0.2, -0.15) is 0 Å². The molecular formula is C13H16BrNO4. The van der Waals surface area contributed by atoms with Gasteiger partial charge in [0, 0.05) is 10.7 Å². The van der Waals surface area contributed by atoms with Gasteiger partial charge in [-0.05, 0) is 47.7 Å². The van der Waals surface area contributed by atoms with Gasteiger partial charge in [0.15, 0.2) is 0 Å². The molecule has 6 heteroatoms. The van der Waals surface area contributed by atoms with E-state index in [1.54, 1.807) is 18.5 Å². The summed E-state index contributed by atoms with van der Waals surface area (Å²) in [6.07, 6.45) is 5.12. The Balaban J connectivity index is 1.88. The van der Waals surface area contributed by atoms with E-state index in [1.165, 1.54) is 0 Å². The summed E-state index contributed by atoms with van der Waals surface area (Å²) in [5, 5.41) is 19.3. The van der Waals surface area contributed by atoms with E-state index in [0.717, 1.165) is 4.47 Å². The van der Waals surface area contributed by atoms with Crippen LogP contribution in [0.4, 0.5) is 0 Å². The van der Waals surface area contributed by atoms with E-state index in [-0.39, 0.29) is 12.5 Å². The third-order valence-corrected chi connectivity index (χ3v) is 3.89. The molecular weight excluding hydrogens is 314 g/mol. The highest BCUT2D eigenvalue weighted by Crippen LogP contribution is 2.32. The van der Waals surface area contributed by atoms with Crippen LogP contribution in [-0.4, -0.2) is 33.4 Å². The molecule has 1 aliphatic carbocycles.